The Morgan fingerprint density at radius 1 is 1.06 bits per heavy atom. The van der Waals surface area contributed by atoms with Crippen LogP contribution in [0.25, 0.3) is 22.4 Å². The highest BCUT2D eigenvalue weighted by atomic mass is 19.1. The molecule has 0 saturated heterocycles. The summed E-state index contributed by atoms with van der Waals surface area (Å²) in [7, 11) is 0. The van der Waals surface area contributed by atoms with Crippen LogP contribution in [-0.2, 0) is 0 Å². The molecule has 1 heterocycles. The Balaban J connectivity index is 2.16. The van der Waals surface area contributed by atoms with Gasteiger partial charge in [0.05, 0.1) is 16.7 Å². The molecule has 3 aromatic rings. The third-order valence-electron chi connectivity index (χ3n) is 2.71. The van der Waals surface area contributed by atoms with Crippen LogP contribution in [0.1, 0.15) is 0 Å². The number of anilines is 1. The van der Waals surface area contributed by atoms with Gasteiger partial charge in [0, 0.05) is 5.56 Å². The Morgan fingerprint density at radius 2 is 1.89 bits per heavy atom. The predicted molar refractivity (Wildman–Crippen MR) is 65.9 cm³/mol. The molecule has 1 aromatic heterocycles. The SMILES string of the molecule is Nc1cc(-c2nc3ccc(F)cc3[nH]2)ccc1F. The maximum Gasteiger partial charge on any atom is 0.146 e. The third-order valence-corrected chi connectivity index (χ3v) is 2.71. The second-order valence-corrected chi connectivity index (χ2v) is 3.98. The summed E-state index contributed by atoms with van der Waals surface area (Å²) in [6.07, 6.45) is 0. The molecule has 0 atom stereocenters. The molecule has 5 heteroatoms. The summed E-state index contributed by atoms with van der Waals surface area (Å²) in [6, 6.07) is 8.61. The van der Waals surface area contributed by atoms with E-state index < -0.39 is 5.82 Å². The lowest BCUT2D eigenvalue weighted by atomic mass is 10.2. The number of rotatable bonds is 1. The molecule has 0 aliphatic heterocycles. The van der Waals surface area contributed by atoms with Gasteiger partial charge in [-0.05, 0) is 36.4 Å². The second-order valence-electron chi connectivity index (χ2n) is 3.98. The van der Waals surface area contributed by atoms with Crippen LogP contribution in [0.15, 0.2) is 36.4 Å². The summed E-state index contributed by atoms with van der Waals surface area (Å²) in [6.45, 7) is 0. The number of halogens is 2. The van der Waals surface area contributed by atoms with Gasteiger partial charge in [0.25, 0.3) is 0 Å². The normalized spacial score (nSPS) is 11.0. The number of aromatic amines is 1. The Hall–Kier alpha value is -2.43. The molecule has 0 spiro atoms. The van der Waals surface area contributed by atoms with Crippen LogP contribution in [0.4, 0.5) is 14.5 Å². The van der Waals surface area contributed by atoms with Crippen LogP contribution in [0, 0.1) is 11.6 Å². The van der Waals surface area contributed by atoms with Gasteiger partial charge in [0.2, 0.25) is 0 Å². The van der Waals surface area contributed by atoms with Crippen molar-refractivity contribution < 1.29 is 8.78 Å². The monoisotopic (exact) mass is 245 g/mol. The summed E-state index contributed by atoms with van der Waals surface area (Å²) >= 11 is 0. The lowest BCUT2D eigenvalue weighted by Crippen LogP contribution is -1.91. The standard InChI is InChI=1S/C13H9F2N3/c14-8-2-4-11-12(6-8)18-13(17-11)7-1-3-9(15)10(16)5-7/h1-6H,16H2,(H,17,18). The van der Waals surface area contributed by atoms with E-state index in [1.807, 2.05) is 0 Å². The first-order chi connectivity index (χ1) is 8.63. The van der Waals surface area contributed by atoms with E-state index >= 15 is 0 Å². The van der Waals surface area contributed by atoms with E-state index in [0.717, 1.165) is 0 Å². The Labute approximate surface area is 101 Å². The Bertz CT molecular complexity index is 734. The van der Waals surface area contributed by atoms with Crippen molar-refractivity contribution in [3.8, 4) is 11.4 Å². The molecular weight excluding hydrogens is 236 g/mol. The van der Waals surface area contributed by atoms with Crippen LogP contribution >= 0.6 is 0 Å². The lowest BCUT2D eigenvalue weighted by molar-refractivity contribution is 0.629. The minimum Gasteiger partial charge on any atom is -0.396 e. The number of nitrogens with zero attached hydrogens (tertiary/aromatic N) is 1. The van der Waals surface area contributed by atoms with Crippen LogP contribution in [0.3, 0.4) is 0 Å². The highest BCUT2D eigenvalue weighted by molar-refractivity contribution is 5.79. The molecule has 0 aliphatic carbocycles. The van der Waals surface area contributed by atoms with Gasteiger partial charge in [-0.15, -0.1) is 0 Å². The van der Waals surface area contributed by atoms with Gasteiger partial charge >= 0.3 is 0 Å². The van der Waals surface area contributed by atoms with E-state index in [1.54, 1.807) is 12.1 Å². The van der Waals surface area contributed by atoms with E-state index in [4.69, 9.17) is 5.73 Å². The molecule has 3 N–H and O–H groups in total. The van der Waals surface area contributed by atoms with Crippen molar-refractivity contribution in [2.45, 2.75) is 0 Å². The zero-order valence-electron chi connectivity index (χ0n) is 9.24. The lowest BCUT2D eigenvalue weighted by Gasteiger charge is -1.99. The van der Waals surface area contributed by atoms with E-state index in [2.05, 4.69) is 9.97 Å². The summed E-state index contributed by atoms with van der Waals surface area (Å²) in [4.78, 5) is 7.26. The van der Waals surface area contributed by atoms with Gasteiger partial charge in [-0.2, -0.15) is 0 Å². The summed E-state index contributed by atoms with van der Waals surface area (Å²) in [5.41, 5.74) is 7.45. The Kier molecular flexibility index (Phi) is 2.26. The van der Waals surface area contributed by atoms with E-state index in [9.17, 15) is 8.78 Å². The smallest absolute Gasteiger partial charge is 0.146 e. The Morgan fingerprint density at radius 3 is 2.67 bits per heavy atom. The number of imidazole rings is 1. The highest BCUT2D eigenvalue weighted by Gasteiger charge is 2.07. The first-order valence-corrected chi connectivity index (χ1v) is 5.34. The van der Waals surface area contributed by atoms with Crippen LogP contribution in [0.2, 0.25) is 0 Å². The fourth-order valence-corrected chi connectivity index (χ4v) is 1.81. The van der Waals surface area contributed by atoms with Crippen molar-refractivity contribution in [1.82, 2.24) is 9.97 Å². The fraction of sp³-hybridized carbons (Fsp3) is 0. The minimum absolute atomic E-state index is 0.0548. The number of nitrogen functional groups attached to an aromatic ring is 1. The molecule has 0 unspecified atom stereocenters. The first kappa shape index (κ1) is 10.7. The van der Waals surface area contributed by atoms with Crippen molar-refractivity contribution in [3.63, 3.8) is 0 Å². The molecule has 0 radical (unpaired) electrons. The zero-order chi connectivity index (χ0) is 12.7. The molecule has 0 aliphatic rings. The van der Waals surface area contributed by atoms with E-state index in [-0.39, 0.29) is 11.5 Å². The average molecular weight is 245 g/mol. The number of nitrogens with two attached hydrogens (primary N) is 1. The van der Waals surface area contributed by atoms with E-state index in [0.29, 0.717) is 22.4 Å². The molecule has 0 saturated carbocycles. The fourth-order valence-electron chi connectivity index (χ4n) is 1.81. The van der Waals surface area contributed by atoms with Gasteiger partial charge in [-0.3, -0.25) is 0 Å². The molecule has 0 amide bonds. The molecule has 3 rings (SSSR count). The predicted octanol–water partition coefficient (Wildman–Crippen LogP) is 3.09. The molecule has 18 heavy (non-hydrogen) atoms. The molecule has 0 bridgehead atoms. The molecule has 3 nitrogen and oxygen atoms in total. The molecule has 90 valence electrons. The maximum atomic E-state index is 13.1. The summed E-state index contributed by atoms with van der Waals surface area (Å²) < 4.78 is 26.1. The number of aromatic nitrogens is 2. The van der Waals surface area contributed by atoms with Crippen molar-refractivity contribution in [2.24, 2.45) is 0 Å². The zero-order valence-corrected chi connectivity index (χ0v) is 9.24. The third kappa shape index (κ3) is 1.69. The highest BCUT2D eigenvalue weighted by Crippen LogP contribution is 2.23. The number of H-pyrrole nitrogens is 1. The minimum atomic E-state index is -0.471. The van der Waals surface area contributed by atoms with Crippen LogP contribution in [0.5, 0.6) is 0 Å². The van der Waals surface area contributed by atoms with Crippen molar-refractivity contribution in [1.29, 1.82) is 0 Å². The van der Waals surface area contributed by atoms with Crippen molar-refractivity contribution >= 4 is 16.7 Å². The number of hydrogen-bond donors (Lipinski definition) is 2. The number of hydrogen-bond acceptors (Lipinski definition) is 2. The molecule has 2 aromatic carbocycles. The van der Waals surface area contributed by atoms with Gasteiger partial charge in [-0.1, -0.05) is 0 Å². The van der Waals surface area contributed by atoms with E-state index in [1.165, 1.54) is 24.3 Å². The quantitative estimate of drug-likeness (QED) is 0.647. The summed E-state index contributed by atoms with van der Waals surface area (Å²) in [5, 5.41) is 0. The van der Waals surface area contributed by atoms with Gasteiger partial charge in [-0.25, -0.2) is 13.8 Å². The van der Waals surface area contributed by atoms with Gasteiger partial charge < -0.3 is 10.7 Å². The van der Waals surface area contributed by atoms with Gasteiger partial charge in [0.15, 0.2) is 0 Å². The first-order valence-electron chi connectivity index (χ1n) is 5.34. The molecule has 0 fully saturated rings. The van der Waals surface area contributed by atoms with Crippen molar-refractivity contribution in [3.05, 3.63) is 48.0 Å². The maximum absolute atomic E-state index is 13.1. The number of fused-ring (bicyclic) bond motifs is 1. The number of benzene rings is 2. The second kappa shape index (κ2) is 3.80. The van der Waals surface area contributed by atoms with Crippen molar-refractivity contribution in [2.75, 3.05) is 5.73 Å². The topological polar surface area (TPSA) is 54.7 Å². The largest absolute Gasteiger partial charge is 0.396 e. The molecular formula is C13H9F2N3. The number of nitrogens with one attached hydrogen (secondary N) is 1. The van der Waals surface area contributed by atoms with Crippen LogP contribution < -0.4 is 5.73 Å². The average Bonchev–Trinajstić information content (AvgIpc) is 2.75. The van der Waals surface area contributed by atoms with Crippen LogP contribution in [-0.4, -0.2) is 9.97 Å². The van der Waals surface area contributed by atoms with Gasteiger partial charge in [0.1, 0.15) is 17.5 Å². The summed E-state index contributed by atoms with van der Waals surface area (Å²) in [5.74, 6) is -0.278.